The van der Waals surface area contributed by atoms with Crippen molar-refractivity contribution in [2.24, 2.45) is 4.99 Å². The summed E-state index contributed by atoms with van der Waals surface area (Å²) in [4.78, 5) is 11.5. The second-order valence-corrected chi connectivity index (χ2v) is 6.64. The van der Waals surface area contributed by atoms with Gasteiger partial charge in [0.1, 0.15) is 5.82 Å². The molecule has 1 fully saturated rings. The Morgan fingerprint density at radius 2 is 2.20 bits per heavy atom. The monoisotopic (exact) mass is 346 g/mol. The van der Waals surface area contributed by atoms with Crippen LogP contribution in [0.2, 0.25) is 0 Å². The summed E-state index contributed by atoms with van der Waals surface area (Å²) in [6, 6.07) is 0.521. The molecule has 2 rings (SSSR count). The van der Waals surface area contributed by atoms with Gasteiger partial charge in [-0.15, -0.1) is 6.58 Å². The SMILES string of the molecule is C=CCN1CCC(NC(=NCCCCn2ccnc2C)NCC)CC1. The van der Waals surface area contributed by atoms with Crippen LogP contribution >= 0.6 is 0 Å². The molecular weight excluding hydrogens is 312 g/mol. The second-order valence-electron chi connectivity index (χ2n) is 6.64. The molecule has 1 aromatic heterocycles. The summed E-state index contributed by atoms with van der Waals surface area (Å²) in [5.41, 5.74) is 0. The molecule has 0 spiro atoms. The van der Waals surface area contributed by atoms with Gasteiger partial charge in [0.2, 0.25) is 0 Å². The Morgan fingerprint density at radius 1 is 1.40 bits per heavy atom. The number of imidazole rings is 1. The number of unbranched alkanes of at least 4 members (excludes halogenated alkanes) is 1. The molecule has 0 radical (unpaired) electrons. The average Bonchev–Trinajstić information content (AvgIpc) is 3.02. The molecule has 2 heterocycles. The van der Waals surface area contributed by atoms with Crippen LogP contribution in [0.15, 0.2) is 30.0 Å². The van der Waals surface area contributed by atoms with Gasteiger partial charge in [-0.1, -0.05) is 6.08 Å². The van der Waals surface area contributed by atoms with Gasteiger partial charge < -0.3 is 15.2 Å². The van der Waals surface area contributed by atoms with Crippen LogP contribution in [0.3, 0.4) is 0 Å². The first kappa shape index (κ1) is 19.5. The molecule has 25 heavy (non-hydrogen) atoms. The fourth-order valence-electron chi connectivity index (χ4n) is 3.18. The summed E-state index contributed by atoms with van der Waals surface area (Å²) in [7, 11) is 0. The minimum atomic E-state index is 0.521. The molecular formula is C19H34N6. The normalized spacial score (nSPS) is 16.8. The molecule has 0 amide bonds. The van der Waals surface area contributed by atoms with Crippen molar-refractivity contribution in [3.63, 3.8) is 0 Å². The molecule has 1 aliphatic heterocycles. The van der Waals surface area contributed by atoms with Gasteiger partial charge in [0.25, 0.3) is 0 Å². The first-order chi connectivity index (χ1) is 12.2. The van der Waals surface area contributed by atoms with E-state index in [-0.39, 0.29) is 0 Å². The van der Waals surface area contributed by atoms with Crippen molar-refractivity contribution in [3.8, 4) is 0 Å². The predicted octanol–water partition coefficient (Wildman–Crippen LogP) is 2.18. The van der Waals surface area contributed by atoms with E-state index in [1.54, 1.807) is 0 Å². The van der Waals surface area contributed by atoms with E-state index in [0.717, 1.165) is 76.7 Å². The fraction of sp³-hybridized carbons (Fsp3) is 0.684. The van der Waals surface area contributed by atoms with E-state index in [4.69, 9.17) is 4.99 Å². The van der Waals surface area contributed by atoms with Crippen LogP contribution < -0.4 is 10.6 Å². The number of hydrogen-bond acceptors (Lipinski definition) is 3. The van der Waals surface area contributed by atoms with Gasteiger partial charge in [-0.05, 0) is 39.5 Å². The number of rotatable bonds is 9. The first-order valence-electron chi connectivity index (χ1n) is 9.58. The zero-order valence-corrected chi connectivity index (χ0v) is 15.9. The van der Waals surface area contributed by atoms with E-state index in [2.05, 4.69) is 38.6 Å². The van der Waals surface area contributed by atoms with Gasteiger partial charge in [0.15, 0.2) is 5.96 Å². The number of nitrogens with one attached hydrogen (secondary N) is 2. The molecule has 1 aliphatic rings. The maximum Gasteiger partial charge on any atom is 0.191 e. The third-order valence-electron chi connectivity index (χ3n) is 4.66. The lowest BCUT2D eigenvalue weighted by Gasteiger charge is -2.32. The highest BCUT2D eigenvalue weighted by atomic mass is 15.2. The van der Waals surface area contributed by atoms with Crippen LogP contribution in [0.5, 0.6) is 0 Å². The Kier molecular flexibility index (Phi) is 8.52. The van der Waals surface area contributed by atoms with Crippen LogP contribution in [0.1, 0.15) is 38.4 Å². The minimum absolute atomic E-state index is 0.521. The average molecular weight is 347 g/mol. The Labute approximate surface area is 152 Å². The van der Waals surface area contributed by atoms with Crippen molar-refractivity contribution >= 4 is 5.96 Å². The van der Waals surface area contributed by atoms with E-state index in [9.17, 15) is 0 Å². The van der Waals surface area contributed by atoms with Crippen molar-refractivity contribution < 1.29 is 0 Å². The number of piperidine rings is 1. The van der Waals surface area contributed by atoms with Crippen LogP contribution in [0.25, 0.3) is 0 Å². The zero-order chi connectivity index (χ0) is 17.9. The molecule has 2 N–H and O–H groups in total. The van der Waals surface area contributed by atoms with Gasteiger partial charge in [-0.3, -0.25) is 9.89 Å². The summed E-state index contributed by atoms with van der Waals surface area (Å²) in [6.45, 7) is 14.0. The molecule has 0 bridgehead atoms. The molecule has 1 saturated heterocycles. The topological polar surface area (TPSA) is 57.5 Å². The van der Waals surface area contributed by atoms with Crippen LogP contribution in [-0.4, -0.2) is 59.2 Å². The van der Waals surface area contributed by atoms with Crippen LogP contribution in [0, 0.1) is 6.92 Å². The van der Waals surface area contributed by atoms with E-state index < -0.39 is 0 Å². The van der Waals surface area contributed by atoms with E-state index in [1.807, 2.05) is 25.4 Å². The zero-order valence-electron chi connectivity index (χ0n) is 15.9. The summed E-state index contributed by atoms with van der Waals surface area (Å²) in [5.74, 6) is 2.05. The van der Waals surface area contributed by atoms with Gasteiger partial charge in [0, 0.05) is 57.7 Å². The summed E-state index contributed by atoms with van der Waals surface area (Å²) < 4.78 is 2.20. The number of nitrogens with zero attached hydrogens (tertiary/aromatic N) is 4. The van der Waals surface area contributed by atoms with E-state index in [0.29, 0.717) is 6.04 Å². The molecule has 1 aromatic rings. The molecule has 6 heteroatoms. The maximum absolute atomic E-state index is 4.74. The third kappa shape index (κ3) is 6.90. The van der Waals surface area contributed by atoms with Crippen LogP contribution in [-0.2, 0) is 6.54 Å². The Balaban J connectivity index is 1.69. The highest BCUT2D eigenvalue weighted by Crippen LogP contribution is 2.10. The minimum Gasteiger partial charge on any atom is -0.357 e. The summed E-state index contributed by atoms with van der Waals surface area (Å²) in [5, 5.41) is 6.98. The highest BCUT2D eigenvalue weighted by molar-refractivity contribution is 5.80. The van der Waals surface area contributed by atoms with E-state index >= 15 is 0 Å². The number of aryl methyl sites for hydroxylation is 2. The standard InChI is InChI=1S/C19H34N6/c1-4-12-24-14-8-18(9-15-24)23-19(20-5-2)22-10-6-7-13-25-16-11-21-17(25)3/h4,11,16,18H,1,5-10,12-15H2,2-3H3,(H2,20,22,23). The Hall–Kier alpha value is -1.82. The van der Waals surface area contributed by atoms with Crippen molar-refractivity contribution in [2.45, 2.75) is 52.1 Å². The lowest BCUT2D eigenvalue weighted by molar-refractivity contribution is 0.225. The Bertz CT molecular complexity index is 528. The van der Waals surface area contributed by atoms with Crippen molar-refractivity contribution in [1.29, 1.82) is 0 Å². The molecule has 0 atom stereocenters. The van der Waals surface area contributed by atoms with Gasteiger partial charge in [-0.2, -0.15) is 0 Å². The quantitative estimate of drug-likeness (QED) is 0.311. The van der Waals surface area contributed by atoms with E-state index in [1.165, 1.54) is 0 Å². The predicted molar refractivity (Wildman–Crippen MR) is 105 cm³/mol. The van der Waals surface area contributed by atoms with Crippen molar-refractivity contribution in [3.05, 3.63) is 30.9 Å². The van der Waals surface area contributed by atoms with Gasteiger partial charge in [0.05, 0.1) is 0 Å². The lowest BCUT2D eigenvalue weighted by atomic mass is 10.1. The maximum atomic E-state index is 4.74. The van der Waals surface area contributed by atoms with Crippen molar-refractivity contribution in [2.75, 3.05) is 32.7 Å². The number of aliphatic imine (C=N–C) groups is 1. The smallest absolute Gasteiger partial charge is 0.191 e. The summed E-state index contributed by atoms with van der Waals surface area (Å²) in [6.07, 6.45) is 10.4. The molecule has 0 aliphatic carbocycles. The molecule has 140 valence electrons. The molecule has 6 nitrogen and oxygen atoms in total. The molecule has 0 saturated carbocycles. The molecule has 0 unspecified atom stereocenters. The molecule has 0 aromatic carbocycles. The van der Waals surface area contributed by atoms with Crippen LogP contribution in [0.4, 0.5) is 0 Å². The Morgan fingerprint density at radius 3 is 2.84 bits per heavy atom. The second kappa shape index (κ2) is 10.9. The third-order valence-corrected chi connectivity index (χ3v) is 4.66. The lowest BCUT2D eigenvalue weighted by Crippen LogP contribution is -2.48. The van der Waals surface area contributed by atoms with Crippen molar-refractivity contribution in [1.82, 2.24) is 25.1 Å². The number of aromatic nitrogens is 2. The number of likely N-dealkylation sites (tertiary alicyclic amines) is 1. The van der Waals surface area contributed by atoms with Gasteiger partial charge >= 0.3 is 0 Å². The van der Waals surface area contributed by atoms with Gasteiger partial charge in [-0.25, -0.2) is 4.98 Å². The summed E-state index contributed by atoms with van der Waals surface area (Å²) >= 11 is 0. The number of hydrogen-bond donors (Lipinski definition) is 2. The first-order valence-corrected chi connectivity index (χ1v) is 9.58. The number of guanidine groups is 1. The fourth-order valence-corrected chi connectivity index (χ4v) is 3.18. The largest absolute Gasteiger partial charge is 0.357 e. The highest BCUT2D eigenvalue weighted by Gasteiger charge is 2.18.